The van der Waals surface area contributed by atoms with Crippen molar-refractivity contribution in [3.63, 3.8) is 0 Å². The Morgan fingerprint density at radius 3 is 2.33 bits per heavy atom. The molecule has 1 N–H and O–H groups in total. The Labute approximate surface area is 150 Å². The molecule has 0 aromatic carbocycles. The SMILES string of the molecule is CC1CC(OCCOCCOS(=O)(=O)O)CC(C)(C)C1.[Na+]. The number of hydrogen-bond donors (Lipinski definition) is 1. The van der Waals surface area contributed by atoms with Crippen molar-refractivity contribution in [2.75, 3.05) is 26.4 Å². The van der Waals surface area contributed by atoms with Crippen LogP contribution in [0.5, 0.6) is 0 Å². The van der Waals surface area contributed by atoms with Crippen LogP contribution < -0.4 is 29.6 Å². The summed E-state index contributed by atoms with van der Waals surface area (Å²) in [5, 5.41) is 0. The number of ether oxygens (including phenoxy) is 2. The fourth-order valence-electron chi connectivity index (χ4n) is 2.96. The molecule has 1 aliphatic rings. The topological polar surface area (TPSA) is 82.1 Å². The molecule has 21 heavy (non-hydrogen) atoms. The molecular formula is C13H26NaO6S+. The smallest absolute Gasteiger partial charge is 0.377 e. The summed E-state index contributed by atoms with van der Waals surface area (Å²) in [4.78, 5) is 0. The largest absolute Gasteiger partial charge is 1.00 e. The van der Waals surface area contributed by atoms with Crippen molar-refractivity contribution in [1.82, 2.24) is 0 Å². The van der Waals surface area contributed by atoms with E-state index in [-0.39, 0.29) is 48.9 Å². The first-order valence-electron chi connectivity index (χ1n) is 6.99. The van der Waals surface area contributed by atoms with Crippen LogP contribution in [0.3, 0.4) is 0 Å². The van der Waals surface area contributed by atoms with Crippen LogP contribution in [-0.4, -0.2) is 45.5 Å². The van der Waals surface area contributed by atoms with E-state index in [9.17, 15) is 8.42 Å². The summed E-state index contributed by atoms with van der Waals surface area (Å²) in [6, 6.07) is 0. The number of rotatable bonds is 8. The molecular weight excluding hydrogens is 307 g/mol. The number of hydrogen-bond acceptors (Lipinski definition) is 5. The monoisotopic (exact) mass is 333 g/mol. The molecule has 8 heteroatoms. The third-order valence-electron chi connectivity index (χ3n) is 3.39. The molecule has 1 saturated carbocycles. The maximum absolute atomic E-state index is 10.3. The summed E-state index contributed by atoms with van der Waals surface area (Å²) in [5.74, 6) is 0.674. The standard InChI is InChI=1S/C13H26O6S.Na/c1-11-8-12(10-13(2,3)9-11)18-6-4-17-5-7-19-20(14,15)16;/h11-12H,4-10H2,1-3H3,(H,14,15,16);/q;+1. The maximum atomic E-state index is 10.3. The Morgan fingerprint density at radius 2 is 1.76 bits per heavy atom. The molecule has 0 aromatic heterocycles. The van der Waals surface area contributed by atoms with Crippen LogP contribution in [0.2, 0.25) is 0 Å². The molecule has 0 aliphatic heterocycles. The summed E-state index contributed by atoms with van der Waals surface area (Å²) < 4.78 is 44.0. The summed E-state index contributed by atoms with van der Waals surface area (Å²) in [5.41, 5.74) is 0.326. The first-order valence-corrected chi connectivity index (χ1v) is 8.36. The zero-order chi connectivity index (χ0) is 15.2. The van der Waals surface area contributed by atoms with E-state index in [1.54, 1.807) is 0 Å². The van der Waals surface area contributed by atoms with Crippen molar-refractivity contribution in [1.29, 1.82) is 0 Å². The van der Waals surface area contributed by atoms with Gasteiger partial charge in [-0.05, 0) is 30.6 Å². The normalized spacial score (nSPS) is 25.3. The molecule has 1 rings (SSSR count). The van der Waals surface area contributed by atoms with Crippen LogP contribution in [0, 0.1) is 11.3 Å². The van der Waals surface area contributed by atoms with Crippen molar-refractivity contribution in [3.8, 4) is 0 Å². The molecule has 120 valence electrons. The van der Waals surface area contributed by atoms with Gasteiger partial charge in [-0.15, -0.1) is 0 Å². The Bertz CT molecular complexity index is 384. The van der Waals surface area contributed by atoms with Crippen molar-refractivity contribution in [2.24, 2.45) is 11.3 Å². The van der Waals surface area contributed by atoms with Gasteiger partial charge in [-0.1, -0.05) is 20.8 Å². The molecule has 6 nitrogen and oxygen atoms in total. The molecule has 0 amide bonds. The van der Waals surface area contributed by atoms with E-state index < -0.39 is 10.4 Å². The maximum Gasteiger partial charge on any atom is 1.00 e. The average molecular weight is 333 g/mol. The summed E-state index contributed by atoms with van der Waals surface area (Å²) in [6.45, 7) is 7.58. The molecule has 0 spiro atoms. The molecule has 2 atom stereocenters. The zero-order valence-corrected chi connectivity index (χ0v) is 16.3. The first kappa shape index (κ1) is 21.8. The van der Waals surface area contributed by atoms with E-state index in [2.05, 4.69) is 25.0 Å². The summed E-state index contributed by atoms with van der Waals surface area (Å²) in [6.07, 6.45) is 3.64. The van der Waals surface area contributed by atoms with Crippen LogP contribution in [0.1, 0.15) is 40.0 Å². The van der Waals surface area contributed by atoms with Crippen LogP contribution >= 0.6 is 0 Å². The molecule has 0 aromatic rings. The van der Waals surface area contributed by atoms with Gasteiger partial charge < -0.3 is 9.47 Å². The fourth-order valence-corrected chi connectivity index (χ4v) is 3.24. The van der Waals surface area contributed by atoms with Gasteiger partial charge in [-0.25, -0.2) is 4.18 Å². The van der Waals surface area contributed by atoms with E-state index in [4.69, 9.17) is 14.0 Å². The Morgan fingerprint density at radius 1 is 1.14 bits per heavy atom. The van der Waals surface area contributed by atoms with Crippen molar-refractivity contribution in [2.45, 2.75) is 46.1 Å². The minimum Gasteiger partial charge on any atom is -0.377 e. The second-order valence-electron chi connectivity index (χ2n) is 6.27. The van der Waals surface area contributed by atoms with Gasteiger partial charge in [0.05, 0.1) is 32.5 Å². The van der Waals surface area contributed by atoms with Crippen molar-refractivity contribution in [3.05, 3.63) is 0 Å². The van der Waals surface area contributed by atoms with Crippen LogP contribution in [0.25, 0.3) is 0 Å². The molecule has 0 saturated heterocycles. The van der Waals surface area contributed by atoms with E-state index in [1.165, 1.54) is 6.42 Å². The van der Waals surface area contributed by atoms with E-state index in [0.29, 0.717) is 24.5 Å². The van der Waals surface area contributed by atoms with Crippen LogP contribution in [-0.2, 0) is 24.1 Å². The third kappa shape index (κ3) is 11.0. The predicted octanol–water partition coefficient (Wildman–Crippen LogP) is -0.942. The average Bonchev–Trinajstić information content (AvgIpc) is 2.23. The summed E-state index contributed by atoms with van der Waals surface area (Å²) >= 11 is 0. The Balaban J connectivity index is 0.00000400. The predicted molar refractivity (Wildman–Crippen MR) is 74.9 cm³/mol. The first-order chi connectivity index (χ1) is 9.18. The molecule has 2 unspecified atom stereocenters. The van der Waals surface area contributed by atoms with E-state index in [0.717, 1.165) is 12.8 Å². The van der Waals surface area contributed by atoms with Gasteiger partial charge in [0.15, 0.2) is 0 Å². The van der Waals surface area contributed by atoms with Gasteiger partial charge in [0.1, 0.15) is 0 Å². The van der Waals surface area contributed by atoms with Crippen LogP contribution in [0.15, 0.2) is 0 Å². The fraction of sp³-hybridized carbons (Fsp3) is 1.00. The van der Waals surface area contributed by atoms with Crippen molar-refractivity contribution < 1.29 is 56.2 Å². The molecule has 0 radical (unpaired) electrons. The molecule has 1 aliphatic carbocycles. The van der Waals surface area contributed by atoms with Gasteiger partial charge in [0, 0.05) is 0 Å². The molecule has 0 bridgehead atoms. The Hall–Kier alpha value is 0.790. The minimum absolute atomic E-state index is 0. The Kier molecular flexibility index (Phi) is 10.2. The summed E-state index contributed by atoms with van der Waals surface area (Å²) in [7, 11) is -4.36. The molecule has 0 heterocycles. The van der Waals surface area contributed by atoms with Gasteiger partial charge in [0.2, 0.25) is 0 Å². The quantitative estimate of drug-likeness (QED) is 0.351. The van der Waals surface area contributed by atoms with Gasteiger partial charge >= 0.3 is 40.0 Å². The molecule has 1 fully saturated rings. The van der Waals surface area contributed by atoms with Gasteiger partial charge in [-0.2, -0.15) is 8.42 Å². The van der Waals surface area contributed by atoms with Gasteiger partial charge in [-0.3, -0.25) is 4.55 Å². The second kappa shape index (κ2) is 9.82. The van der Waals surface area contributed by atoms with Crippen molar-refractivity contribution >= 4 is 10.4 Å². The van der Waals surface area contributed by atoms with Crippen LogP contribution in [0.4, 0.5) is 0 Å². The zero-order valence-electron chi connectivity index (χ0n) is 13.5. The second-order valence-corrected chi connectivity index (χ2v) is 7.36. The van der Waals surface area contributed by atoms with E-state index in [1.807, 2.05) is 0 Å². The van der Waals surface area contributed by atoms with E-state index >= 15 is 0 Å². The van der Waals surface area contributed by atoms with Gasteiger partial charge in [0.25, 0.3) is 0 Å². The third-order valence-corrected chi connectivity index (χ3v) is 3.85. The minimum atomic E-state index is -4.36.